The number of carbonyl (C=O) groups is 2. The second kappa shape index (κ2) is 33.1. The van der Waals surface area contributed by atoms with E-state index in [0.29, 0.717) is 12.8 Å². The number of nitrogens with one attached hydrogen (secondary N) is 2. The average Bonchev–Trinajstić information content (AvgIpc) is 3.05. The molecule has 0 heterocycles. The van der Waals surface area contributed by atoms with Gasteiger partial charge in [-0.3, -0.25) is 9.59 Å². The van der Waals surface area contributed by atoms with Gasteiger partial charge >= 0.3 is 0 Å². The number of anilines is 2. The first-order valence-corrected chi connectivity index (χ1v) is 20.4. The molecule has 0 atom stereocenters. The Labute approximate surface area is 286 Å². The summed E-state index contributed by atoms with van der Waals surface area (Å²) in [6.45, 7) is 4.56. The van der Waals surface area contributed by atoms with Crippen molar-refractivity contribution in [1.29, 1.82) is 0 Å². The van der Waals surface area contributed by atoms with Gasteiger partial charge in [0.05, 0.1) is 0 Å². The van der Waals surface area contributed by atoms with Crippen LogP contribution in [0.25, 0.3) is 0 Å². The Hall–Kier alpha value is -1.84. The summed E-state index contributed by atoms with van der Waals surface area (Å²) in [6.07, 6.45) is 41.1. The van der Waals surface area contributed by atoms with Gasteiger partial charge in [0.15, 0.2) is 0 Å². The number of benzene rings is 1. The first-order chi connectivity index (χ1) is 22.7. The Balaban J connectivity index is 1.92. The molecule has 266 valence electrons. The summed E-state index contributed by atoms with van der Waals surface area (Å²) in [5.74, 6) is 0.166. The highest BCUT2D eigenvalue weighted by molar-refractivity contribution is 5.92. The molecule has 0 bridgehead atoms. The second-order valence-corrected chi connectivity index (χ2v) is 14.1. The molecule has 1 aromatic rings. The van der Waals surface area contributed by atoms with E-state index in [1.807, 2.05) is 24.3 Å². The van der Waals surface area contributed by atoms with Crippen molar-refractivity contribution in [3.05, 3.63) is 24.3 Å². The van der Waals surface area contributed by atoms with Gasteiger partial charge in [0.1, 0.15) is 0 Å². The van der Waals surface area contributed by atoms with Gasteiger partial charge < -0.3 is 10.6 Å². The summed E-state index contributed by atoms with van der Waals surface area (Å²) in [4.78, 5) is 24.7. The SMILES string of the molecule is CCCCCCCCCCCCCCCCCC(=O)Nc1ccc(NC(=O)CCCCCCCCCCCCCCCCC)cc1. The van der Waals surface area contributed by atoms with Crippen molar-refractivity contribution in [2.24, 2.45) is 0 Å². The molecule has 0 aliphatic heterocycles. The molecule has 0 aliphatic rings. The molecule has 2 N–H and O–H groups in total. The molecule has 0 radical (unpaired) electrons. The average molecular weight is 641 g/mol. The Kier molecular flexibility index (Phi) is 30.3. The van der Waals surface area contributed by atoms with E-state index in [0.717, 1.165) is 37.1 Å². The third-order valence-electron chi connectivity index (χ3n) is 9.47. The standard InChI is InChI=1S/C42H76N2O2/c1-3-5-7-9-11-13-15-17-19-21-23-25-27-29-31-33-41(45)43-39-35-37-40(38-36-39)44-42(46)34-32-30-28-26-24-22-20-18-16-14-12-10-8-6-4-2/h35-38H,3-34H2,1-2H3,(H,43,45)(H,44,46). The van der Waals surface area contributed by atoms with Crippen molar-refractivity contribution in [3.8, 4) is 0 Å². The lowest BCUT2D eigenvalue weighted by atomic mass is 10.0. The topological polar surface area (TPSA) is 58.2 Å². The van der Waals surface area contributed by atoms with E-state index >= 15 is 0 Å². The van der Waals surface area contributed by atoms with Gasteiger partial charge in [0, 0.05) is 24.2 Å². The zero-order valence-electron chi connectivity index (χ0n) is 30.8. The maximum atomic E-state index is 12.3. The molecule has 0 aliphatic carbocycles. The molecular formula is C42H76N2O2. The van der Waals surface area contributed by atoms with Gasteiger partial charge in [0.25, 0.3) is 0 Å². The van der Waals surface area contributed by atoms with Crippen LogP contribution in [0, 0.1) is 0 Å². The monoisotopic (exact) mass is 641 g/mol. The third kappa shape index (κ3) is 28.4. The highest BCUT2D eigenvalue weighted by atomic mass is 16.2. The maximum absolute atomic E-state index is 12.3. The van der Waals surface area contributed by atoms with Crippen molar-refractivity contribution in [2.75, 3.05) is 10.6 Å². The lowest BCUT2D eigenvalue weighted by Gasteiger charge is -2.08. The Morgan fingerprint density at radius 2 is 0.543 bits per heavy atom. The summed E-state index contributed by atoms with van der Waals surface area (Å²) in [6, 6.07) is 7.53. The van der Waals surface area contributed by atoms with Crippen LogP contribution in [0.1, 0.15) is 219 Å². The summed E-state index contributed by atoms with van der Waals surface area (Å²) >= 11 is 0. The quantitative estimate of drug-likeness (QED) is 0.0736. The van der Waals surface area contributed by atoms with Crippen molar-refractivity contribution in [3.63, 3.8) is 0 Å². The van der Waals surface area contributed by atoms with E-state index < -0.39 is 0 Å². The predicted octanol–water partition coefficient (Wildman–Crippen LogP) is 14.1. The largest absolute Gasteiger partial charge is 0.326 e. The molecule has 4 heteroatoms. The number of amides is 2. The normalized spacial score (nSPS) is 11.2. The highest BCUT2D eigenvalue weighted by Crippen LogP contribution is 2.18. The zero-order chi connectivity index (χ0) is 33.2. The minimum Gasteiger partial charge on any atom is -0.326 e. The van der Waals surface area contributed by atoms with E-state index in [2.05, 4.69) is 24.5 Å². The minimum absolute atomic E-state index is 0.0830. The van der Waals surface area contributed by atoms with E-state index in [1.54, 1.807) is 0 Å². The molecule has 46 heavy (non-hydrogen) atoms. The van der Waals surface area contributed by atoms with Gasteiger partial charge in [-0.25, -0.2) is 0 Å². The van der Waals surface area contributed by atoms with Crippen LogP contribution >= 0.6 is 0 Å². The fraction of sp³-hybridized carbons (Fsp3) is 0.810. The summed E-state index contributed by atoms with van der Waals surface area (Å²) in [5, 5.41) is 6.01. The first kappa shape index (κ1) is 42.2. The molecule has 0 fully saturated rings. The van der Waals surface area contributed by atoms with Gasteiger partial charge in [-0.1, -0.05) is 194 Å². The first-order valence-electron chi connectivity index (χ1n) is 20.4. The molecule has 4 nitrogen and oxygen atoms in total. The molecule has 0 saturated carbocycles. The van der Waals surface area contributed by atoms with Crippen molar-refractivity contribution in [2.45, 2.75) is 219 Å². The summed E-state index contributed by atoms with van der Waals surface area (Å²) in [5.41, 5.74) is 1.60. The zero-order valence-corrected chi connectivity index (χ0v) is 30.8. The van der Waals surface area contributed by atoms with Crippen molar-refractivity contribution in [1.82, 2.24) is 0 Å². The Morgan fingerprint density at radius 3 is 0.761 bits per heavy atom. The van der Waals surface area contributed by atoms with Gasteiger partial charge in [0.2, 0.25) is 11.8 Å². The molecule has 0 spiro atoms. The smallest absolute Gasteiger partial charge is 0.224 e. The van der Waals surface area contributed by atoms with Crippen LogP contribution in [0.5, 0.6) is 0 Å². The van der Waals surface area contributed by atoms with Gasteiger partial charge in [-0.2, -0.15) is 0 Å². The van der Waals surface area contributed by atoms with E-state index in [1.165, 1.54) is 167 Å². The van der Waals surface area contributed by atoms with Crippen LogP contribution < -0.4 is 10.6 Å². The summed E-state index contributed by atoms with van der Waals surface area (Å²) < 4.78 is 0. The van der Waals surface area contributed by atoms with Gasteiger partial charge in [-0.15, -0.1) is 0 Å². The van der Waals surface area contributed by atoms with Crippen LogP contribution in [0.15, 0.2) is 24.3 Å². The molecule has 1 rings (SSSR count). The van der Waals surface area contributed by atoms with Crippen LogP contribution in [0.2, 0.25) is 0 Å². The van der Waals surface area contributed by atoms with E-state index in [4.69, 9.17) is 0 Å². The highest BCUT2D eigenvalue weighted by Gasteiger charge is 2.05. The Bertz CT molecular complexity index is 739. The van der Waals surface area contributed by atoms with Gasteiger partial charge in [-0.05, 0) is 37.1 Å². The lowest BCUT2D eigenvalue weighted by Crippen LogP contribution is -2.12. The van der Waals surface area contributed by atoms with Crippen LogP contribution in [0.3, 0.4) is 0 Å². The van der Waals surface area contributed by atoms with E-state index in [9.17, 15) is 9.59 Å². The third-order valence-corrected chi connectivity index (χ3v) is 9.47. The van der Waals surface area contributed by atoms with Crippen LogP contribution in [0.4, 0.5) is 11.4 Å². The van der Waals surface area contributed by atoms with E-state index in [-0.39, 0.29) is 11.8 Å². The number of hydrogen-bond acceptors (Lipinski definition) is 2. The number of carbonyl (C=O) groups excluding carboxylic acids is 2. The van der Waals surface area contributed by atoms with Crippen molar-refractivity contribution >= 4 is 23.2 Å². The predicted molar refractivity (Wildman–Crippen MR) is 203 cm³/mol. The lowest BCUT2D eigenvalue weighted by molar-refractivity contribution is -0.117. The summed E-state index contributed by atoms with van der Waals surface area (Å²) in [7, 11) is 0. The molecule has 0 saturated heterocycles. The van der Waals surface area contributed by atoms with Crippen molar-refractivity contribution < 1.29 is 9.59 Å². The second-order valence-electron chi connectivity index (χ2n) is 14.1. The molecule has 0 aromatic heterocycles. The molecular weight excluding hydrogens is 564 g/mol. The van der Waals surface area contributed by atoms with Crippen LogP contribution in [-0.2, 0) is 9.59 Å². The molecule has 0 unspecified atom stereocenters. The fourth-order valence-electron chi connectivity index (χ4n) is 6.40. The minimum atomic E-state index is 0.0830. The number of hydrogen-bond donors (Lipinski definition) is 2. The molecule has 2 amide bonds. The maximum Gasteiger partial charge on any atom is 0.224 e. The number of rotatable bonds is 34. The number of unbranched alkanes of at least 4 members (excludes halogenated alkanes) is 28. The Morgan fingerprint density at radius 1 is 0.348 bits per heavy atom. The fourth-order valence-corrected chi connectivity index (χ4v) is 6.40. The van der Waals surface area contributed by atoms with Crippen LogP contribution in [-0.4, -0.2) is 11.8 Å². The molecule has 1 aromatic carbocycles.